The van der Waals surface area contributed by atoms with Crippen molar-refractivity contribution in [3.8, 4) is 0 Å². The Morgan fingerprint density at radius 3 is 2.68 bits per heavy atom. The Labute approximate surface area is 132 Å². The highest BCUT2D eigenvalue weighted by Gasteiger charge is 2.25. The highest BCUT2D eigenvalue weighted by Crippen LogP contribution is 2.10. The second-order valence-corrected chi connectivity index (χ2v) is 7.90. The first kappa shape index (κ1) is 18.7. The van der Waals surface area contributed by atoms with Crippen LogP contribution in [-0.2, 0) is 14.8 Å². The molecule has 1 aliphatic heterocycles. The van der Waals surface area contributed by atoms with E-state index in [-0.39, 0.29) is 18.4 Å². The van der Waals surface area contributed by atoms with Gasteiger partial charge in [0.25, 0.3) is 0 Å². The fraction of sp³-hybridized carbons (Fsp3) is 0.846. The summed E-state index contributed by atoms with van der Waals surface area (Å²) in [6.45, 7) is 9.06. The Kier molecular flexibility index (Phi) is 6.61. The first-order valence-corrected chi connectivity index (χ1v) is 9.00. The molecule has 9 heteroatoms. The number of ether oxygens (including phenoxy) is 1. The van der Waals surface area contributed by atoms with Crippen molar-refractivity contribution in [1.29, 1.82) is 0 Å². The van der Waals surface area contributed by atoms with E-state index in [1.807, 2.05) is 20.8 Å². The second kappa shape index (κ2) is 7.77. The van der Waals surface area contributed by atoms with Gasteiger partial charge in [0.05, 0.1) is 18.8 Å². The zero-order valence-corrected chi connectivity index (χ0v) is 14.5. The zero-order valence-electron chi connectivity index (χ0n) is 13.7. The third-order valence-electron chi connectivity index (χ3n) is 2.73. The standard InChI is InChI=1S/C13H26N4O4S/c1-5-16-22(19,20)9-7-15-11-10-17(8-6-14-11)12(18)21-13(2,3)4/h16H,5-10H2,1-4H3,(H,14,15). The van der Waals surface area contributed by atoms with Crippen LogP contribution in [0.1, 0.15) is 27.7 Å². The van der Waals surface area contributed by atoms with Gasteiger partial charge in [-0.3, -0.25) is 9.89 Å². The average molecular weight is 334 g/mol. The molecule has 0 unspecified atom stereocenters. The lowest BCUT2D eigenvalue weighted by Gasteiger charge is -2.29. The predicted molar refractivity (Wildman–Crippen MR) is 85.6 cm³/mol. The Balaban J connectivity index is 2.44. The lowest BCUT2D eigenvalue weighted by Crippen LogP contribution is -2.48. The van der Waals surface area contributed by atoms with Gasteiger partial charge in [0.2, 0.25) is 10.0 Å². The normalized spacial score (nSPS) is 16.2. The van der Waals surface area contributed by atoms with E-state index in [0.717, 1.165) is 0 Å². The van der Waals surface area contributed by atoms with Crippen LogP contribution < -0.4 is 10.0 Å². The predicted octanol–water partition coefficient (Wildman–Crippen LogP) is 0.165. The number of sulfonamides is 1. The van der Waals surface area contributed by atoms with Crippen LogP contribution in [0.3, 0.4) is 0 Å². The Bertz CT molecular complexity index is 511. The molecule has 2 N–H and O–H groups in total. The van der Waals surface area contributed by atoms with Gasteiger partial charge < -0.3 is 10.1 Å². The van der Waals surface area contributed by atoms with Crippen molar-refractivity contribution in [3.63, 3.8) is 0 Å². The van der Waals surface area contributed by atoms with Gasteiger partial charge in [-0.2, -0.15) is 0 Å². The van der Waals surface area contributed by atoms with Gasteiger partial charge in [-0.05, 0) is 20.8 Å². The van der Waals surface area contributed by atoms with E-state index < -0.39 is 15.6 Å². The van der Waals surface area contributed by atoms with Gasteiger partial charge in [-0.1, -0.05) is 6.92 Å². The molecule has 0 spiro atoms. The van der Waals surface area contributed by atoms with Crippen molar-refractivity contribution in [2.45, 2.75) is 33.3 Å². The largest absolute Gasteiger partial charge is 0.444 e. The van der Waals surface area contributed by atoms with E-state index in [1.54, 1.807) is 11.8 Å². The molecule has 0 aromatic heterocycles. The molecule has 0 radical (unpaired) electrons. The highest BCUT2D eigenvalue weighted by atomic mass is 32.2. The third-order valence-corrected chi connectivity index (χ3v) is 4.20. The number of nitrogens with one attached hydrogen (secondary N) is 2. The molecular formula is C13H26N4O4S. The lowest BCUT2D eigenvalue weighted by atomic mass is 10.2. The summed E-state index contributed by atoms with van der Waals surface area (Å²) in [6, 6.07) is 0. The van der Waals surface area contributed by atoms with E-state index in [4.69, 9.17) is 4.74 Å². The molecule has 8 nitrogen and oxygen atoms in total. The average Bonchev–Trinajstić information content (AvgIpc) is 2.36. The molecule has 22 heavy (non-hydrogen) atoms. The second-order valence-electron chi connectivity index (χ2n) is 5.97. The van der Waals surface area contributed by atoms with Crippen molar-refractivity contribution in [1.82, 2.24) is 14.9 Å². The summed E-state index contributed by atoms with van der Waals surface area (Å²) in [7, 11) is -3.26. The maximum absolute atomic E-state index is 12.0. The van der Waals surface area contributed by atoms with Gasteiger partial charge in [0.15, 0.2) is 0 Å². The Morgan fingerprint density at radius 1 is 1.41 bits per heavy atom. The molecule has 0 saturated carbocycles. The topological polar surface area (TPSA) is 100 Å². The smallest absolute Gasteiger partial charge is 0.410 e. The molecular weight excluding hydrogens is 308 g/mol. The van der Waals surface area contributed by atoms with Crippen molar-refractivity contribution in [2.24, 2.45) is 4.99 Å². The van der Waals surface area contributed by atoms with Crippen LogP contribution in [-0.4, -0.2) is 69.3 Å². The van der Waals surface area contributed by atoms with Crippen molar-refractivity contribution < 1.29 is 17.9 Å². The molecule has 0 bridgehead atoms. The summed E-state index contributed by atoms with van der Waals surface area (Å²) < 4.78 is 30.8. The number of hydrogen-bond donors (Lipinski definition) is 2. The molecule has 0 atom stereocenters. The number of aliphatic imine (C=N–C) groups is 1. The van der Waals surface area contributed by atoms with Crippen molar-refractivity contribution >= 4 is 22.0 Å². The number of rotatable bonds is 5. The van der Waals surface area contributed by atoms with Gasteiger partial charge in [-0.25, -0.2) is 17.9 Å². The molecule has 1 amide bonds. The summed E-state index contributed by atoms with van der Waals surface area (Å²) in [6.07, 6.45) is -0.387. The molecule has 128 valence electrons. The summed E-state index contributed by atoms with van der Waals surface area (Å²) in [5.41, 5.74) is -0.542. The highest BCUT2D eigenvalue weighted by molar-refractivity contribution is 7.89. The molecule has 0 saturated heterocycles. The zero-order chi connectivity index (χ0) is 16.8. The molecule has 0 aromatic rings. The van der Waals surface area contributed by atoms with Crippen LogP contribution in [0, 0.1) is 0 Å². The molecule has 1 rings (SSSR count). The first-order valence-electron chi connectivity index (χ1n) is 7.35. The minimum atomic E-state index is -3.26. The van der Waals surface area contributed by atoms with Crippen molar-refractivity contribution in [3.05, 3.63) is 0 Å². The maximum atomic E-state index is 12.0. The SMILES string of the molecule is CCNS(=O)(=O)CCNC1=NCCN(C(=O)OC(C)(C)C)C1. The fourth-order valence-electron chi connectivity index (χ4n) is 1.83. The molecule has 0 aromatic carbocycles. The summed E-state index contributed by atoms with van der Waals surface area (Å²) in [5.74, 6) is 0.565. The maximum Gasteiger partial charge on any atom is 0.410 e. The van der Waals surface area contributed by atoms with E-state index in [2.05, 4.69) is 15.0 Å². The molecule has 0 fully saturated rings. The molecule has 1 heterocycles. The van der Waals surface area contributed by atoms with Crippen LogP contribution in [0.2, 0.25) is 0 Å². The number of nitrogens with zero attached hydrogens (tertiary/aromatic N) is 2. The third kappa shape index (κ3) is 7.08. The summed E-state index contributed by atoms with van der Waals surface area (Å²) in [5, 5.41) is 2.97. The number of amides is 1. The molecule has 0 aliphatic carbocycles. The van der Waals surface area contributed by atoms with Crippen LogP contribution in [0.25, 0.3) is 0 Å². The van der Waals surface area contributed by atoms with Gasteiger partial charge in [-0.15, -0.1) is 0 Å². The number of amidine groups is 1. The van der Waals surface area contributed by atoms with Crippen molar-refractivity contribution in [2.75, 3.05) is 38.5 Å². The van der Waals surface area contributed by atoms with E-state index in [0.29, 0.717) is 32.0 Å². The monoisotopic (exact) mass is 334 g/mol. The fourth-order valence-corrected chi connectivity index (χ4v) is 2.79. The Hall–Kier alpha value is -1.35. The minimum Gasteiger partial charge on any atom is -0.444 e. The van der Waals surface area contributed by atoms with E-state index in [1.165, 1.54) is 0 Å². The first-order chi connectivity index (χ1) is 10.1. The lowest BCUT2D eigenvalue weighted by molar-refractivity contribution is 0.0276. The Morgan fingerprint density at radius 2 is 2.09 bits per heavy atom. The van der Waals surface area contributed by atoms with E-state index in [9.17, 15) is 13.2 Å². The minimum absolute atomic E-state index is 0.0354. The van der Waals surface area contributed by atoms with Crippen LogP contribution in [0.4, 0.5) is 4.79 Å². The summed E-state index contributed by atoms with van der Waals surface area (Å²) in [4.78, 5) is 17.8. The number of carbonyl (C=O) groups is 1. The van der Waals surface area contributed by atoms with Crippen LogP contribution >= 0.6 is 0 Å². The number of carbonyl (C=O) groups excluding carboxylic acids is 1. The van der Waals surface area contributed by atoms with Crippen LogP contribution in [0.15, 0.2) is 4.99 Å². The summed E-state index contributed by atoms with van der Waals surface area (Å²) >= 11 is 0. The van der Waals surface area contributed by atoms with Gasteiger partial charge >= 0.3 is 6.09 Å². The van der Waals surface area contributed by atoms with E-state index >= 15 is 0 Å². The number of hydrogen-bond acceptors (Lipinski definition) is 6. The van der Waals surface area contributed by atoms with Gasteiger partial charge in [0, 0.05) is 19.6 Å². The molecule has 1 aliphatic rings. The van der Waals surface area contributed by atoms with Gasteiger partial charge in [0.1, 0.15) is 11.4 Å². The quantitative estimate of drug-likeness (QED) is 0.746. The van der Waals surface area contributed by atoms with Crippen LogP contribution in [0.5, 0.6) is 0 Å².